The van der Waals surface area contributed by atoms with Crippen molar-refractivity contribution in [1.82, 2.24) is 5.32 Å². The summed E-state index contributed by atoms with van der Waals surface area (Å²) in [5.41, 5.74) is 1.14. The Hall–Kier alpha value is -0.830. The predicted molar refractivity (Wildman–Crippen MR) is 69.8 cm³/mol. The highest BCUT2D eigenvalue weighted by atomic mass is 16.5. The van der Waals surface area contributed by atoms with E-state index in [1.54, 1.807) is 0 Å². The number of hydrogen-bond acceptors (Lipinski definition) is 3. The molecule has 17 heavy (non-hydrogen) atoms. The van der Waals surface area contributed by atoms with Crippen molar-refractivity contribution in [1.29, 1.82) is 0 Å². The lowest BCUT2D eigenvalue weighted by molar-refractivity contribution is -0.136. The van der Waals surface area contributed by atoms with Crippen LogP contribution in [0.25, 0.3) is 0 Å². The second kappa shape index (κ2) is 6.20. The van der Waals surface area contributed by atoms with Gasteiger partial charge in [-0.05, 0) is 24.7 Å². The van der Waals surface area contributed by atoms with E-state index in [0.717, 1.165) is 18.5 Å². The average molecular weight is 239 g/mol. The number of methoxy groups -OCH3 is 1. The minimum atomic E-state index is -0.208. The molecular weight excluding hydrogens is 214 g/mol. The van der Waals surface area contributed by atoms with Crippen LogP contribution in [0.5, 0.6) is 0 Å². The molecule has 1 N–H and O–H groups in total. The third-order valence-electron chi connectivity index (χ3n) is 3.80. The number of rotatable bonds is 5. The molecule has 1 aliphatic carbocycles. The number of ether oxygens (including phenoxy) is 1. The van der Waals surface area contributed by atoms with E-state index in [4.69, 9.17) is 4.74 Å². The van der Waals surface area contributed by atoms with Gasteiger partial charge in [0, 0.05) is 18.2 Å². The molecule has 1 unspecified atom stereocenters. The maximum atomic E-state index is 11.4. The molecule has 1 fully saturated rings. The van der Waals surface area contributed by atoms with E-state index >= 15 is 0 Å². The number of hydrogen-bond donors (Lipinski definition) is 1. The highest BCUT2D eigenvalue weighted by molar-refractivity contribution is 5.88. The van der Waals surface area contributed by atoms with Gasteiger partial charge in [0.2, 0.25) is 0 Å². The number of carbonyl (C=O) groups is 1. The highest BCUT2D eigenvalue weighted by Gasteiger charge is 2.33. The van der Waals surface area contributed by atoms with Crippen molar-refractivity contribution in [3.63, 3.8) is 0 Å². The van der Waals surface area contributed by atoms with Gasteiger partial charge in [-0.25, -0.2) is 4.79 Å². The third kappa shape index (κ3) is 3.84. The van der Waals surface area contributed by atoms with Crippen LogP contribution in [-0.2, 0) is 9.53 Å². The minimum Gasteiger partial charge on any atom is -0.466 e. The van der Waals surface area contributed by atoms with E-state index in [0.29, 0.717) is 11.5 Å². The first-order valence-corrected chi connectivity index (χ1v) is 6.52. The van der Waals surface area contributed by atoms with Crippen molar-refractivity contribution in [3.8, 4) is 0 Å². The van der Waals surface area contributed by atoms with Gasteiger partial charge in [0.1, 0.15) is 0 Å². The van der Waals surface area contributed by atoms with Gasteiger partial charge in [0.15, 0.2) is 0 Å². The summed E-state index contributed by atoms with van der Waals surface area (Å²) in [7, 11) is 1.43. The molecule has 0 aromatic heterocycles. The Bertz CT molecular complexity index is 295. The van der Waals surface area contributed by atoms with Crippen LogP contribution in [0.4, 0.5) is 0 Å². The van der Waals surface area contributed by atoms with Crippen LogP contribution in [0.15, 0.2) is 11.6 Å². The Labute approximate surface area is 105 Å². The number of nitrogens with one attached hydrogen (secondary N) is 1. The van der Waals surface area contributed by atoms with Gasteiger partial charge in [-0.2, -0.15) is 0 Å². The second-order valence-corrected chi connectivity index (χ2v) is 5.42. The van der Waals surface area contributed by atoms with Crippen molar-refractivity contribution in [3.05, 3.63) is 11.6 Å². The van der Waals surface area contributed by atoms with Crippen molar-refractivity contribution in [2.24, 2.45) is 5.41 Å². The van der Waals surface area contributed by atoms with E-state index < -0.39 is 0 Å². The maximum Gasteiger partial charge on any atom is 0.333 e. The summed E-state index contributed by atoms with van der Waals surface area (Å²) in [5.74, 6) is -0.208. The van der Waals surface area contributed by atoms with Crippen molar-refractivity contribution in [2.45, 2.75) is 52.5 Å². The van der Waals surface area contributed by atoms with Crippen molar-refractivity contribution < 1.29 is 9.53 Å². The first-order chi connectivity index (χ1) is 8.01. The van der Waals surface area contributed by atoms with Crippen molar-refractivity contribution in [2.75, 3.05) is 13.7 Å². The topological polar surface area (TPSA) is 38.3 Å². The van der Waals surface area contributed by atoms with E-state index in [1.165, 1.54) is 26.4 Å². The maximum absolute atomic E-state index is 11.4. The molecule has 0 aromatic rings. The van der Waals surface area contributed by atoms with Crippen molar-refractivity contribution >= 4 is 5.97 Å². The van der Waals surface area contributed by atoms with Crippen LogP contribution in [0.1, 0.15) is 46.5 Å². The molecule has 0 aliphatic heterocycles. The monoisotopic (exact) mass is 239 g/mol. The summed E-state index contributed by atoms with van der Waals surface area (Å²) < 4.78 is 4.73. The molecule has 1 atom stereocenters. The van der Waals surface area contributed by atoms with E-state index in [-0.39, 0.29) is 5.97 Å². The first kappa shape index (κ1) is 14.2. The average Bonchev–Trinajstić information content (AvgIpc) is 2.63. The lowest BCUT2D eigenvalue weighted by Gasteiger charge is -2.27. The Morgan fingerprint density at radius 1 is 1.53 bits per heavy atom. The number of carbonyl (C=O) groups excluding carboxylic acids is 1. The molecule has 0 radical (unpaired) electrons. The van der Waals surface area contributed by atoms with Gasteiger partial charge in [0.05, 0.1) is 7.11 Å². The Morgan fingerprint density at radius 2 is 2.24 bits per heavy atom. The normalized spacial score (nSPS) is 23.8. The summed E-state index contributed by atoms with van der Waals surface area (Å²) in [6.07, 6.45) is 6.50. The number of esters is 1. The molecule has 1 aliphatic rings. The standard InChI is InChI=1S/C14H25NO2/c1-5-11(13(16)17-4)8-10-15-12-7-6-9-14(12,2)3/h8,12,15H,5-7,9-10H2,1-4H3. The first-order valence-electron chi connectivity index (χ1n) is 6.52. The smallest absolute Gasteiger partial charge is 0.333 e. The molecule has 0 spiro atoms. The second-order valence-electron chi connectivity index (χ2n) is 5.42. The molecule has 0 heterocycles. The van der Waals surface area contributed by atoms with Crippen LogP contribution in [-0.4, -0.2) is 25.7 Å². The fourth-order valence-corrected chi connectivity index (χ4v) is 2.53. The fourth-order valence-electron chi connectivity index (χ4n) is 2.53. The lowest BCUT2D eigenvalue weighted by atomic mass is 9.87. The summed E-state index contributed by atoms with van der Waals surface area (Å²) >= 11 is 0. The molecule has 3 nitrogen and oxygen atoms in total. The largest absolute Gasteiger partial charge is 0.466 e. The van der Waals surface area contributed by atoms with E-state index in [9.17, 15) is 4.79 Å². The zero-order valence-electron chi connectivity index (χ0n) is 11.5. The van der Waals surface area contributed by atoms with Gasteiger partial charge in [-0.3, -0.25) is 0 Å². The summed E-state index contributed by atoms with van der Waals surface area (Å²) in [6, 6.07) is 0.564. The van der Waals surface area contributed by atoms with Crippen LogP contribution in [0.3, 0.4) is 0 Å². The quantitative estimate of drug-likeness (QED) is 0.592. The SMILES string of the molecule is CCC(=CCNC1CCCC1(C)C)C(=O)OC. The fraction of sp³-hybridized carbons (Fsp3) is 0.786. The molecule has 1 saturated carbocycles. The van der Waals surface area contributed by atoms with E-state index in [1.807, 2.05) is 13.0 Å². The molecule has 98 valence electrons. The van der Waals surface area contributed by atoms with Gasteiger partial charge in [-0.15, -0.1) is 0 Å². The molecule has 0 bridgehead atoms. The van der Waals surface area contributed by atoms with Gasteiger partial charge in [0.25, 0.3) is 0 Å². The van der Waals surface area contributed by atoms with E-state index in [2.05, 4.69) is 19.2 Å². The van der Waals surface area contributed by atoms with Gasteiger partial charge in [-0.1, -0.05) is 33.3 Å². The molecule has 1 rings (SSSR count). The summed E-state index contributed by atoms with van der Waals surface area (Å²) in [4.78, 5) is 11.4. The molecular formula is C14H25NO2. The Kier molecular flexibility index (Phi) is 5.19. The molecule has 0 aromatic carbocycles. The predicted octanol–water partition coefficient (Wildman–Crippen LogP) is 2.66. The molecule has 0 saturated heterocycles. The third-order valence-corrected chi connectivity index (χ3v) is 3.80. The molecule has 3 heteroatoms. The Balaban J connectivity index is 2.45. The Morgan fingerprint density at radius 3 is 2.71 bits per heavy atom. The molecule has 0 amide bonds. The zero-order chi connectivity index (χ0) is 12.9. The summed E-state index contributed by atoms with van der Waals surface area (Å²) in [6.45, 7) is 7.35. The lowest BCUT2D eigenvalue weighted by Crippen LogP contribution is -2.37. The highest BCUT2D eigenvalue weighted by Crippen LogP contribution is 2.36. The van der Waals surface area contributed by atoms with Gasteiger partial charge < -0.3 is 10.1 Å². The van der Waals surface area contributed by atoms with Crippen LogP contribution >= 0.6 is 0 Å². The van der Waals surface area contributed by atoms with Crippen LogP contribution in [0.2, 0.25) is 0 Å². The van der Waals surface area contributed by atoms with Crippen LogP contribution in [0, 0.1) is 5.41 Å². The summed E-state index contributed by atoms with van der Waals surface area (Å²) in [5, 5.41) is 3.53. The van der Waals surface area contributed by atoms with Gasteiger partial charge >= 0.3 is 5.97 Å². The zero-order valence-corrected chi connectivity index (χ0v) is 11.5. The minimum absolute atomic E-state index is 0.208. The van der Waals surface area contributed by atoms with Crippen LogP contribution < -0.4 is 5.32 Å².